The van der Waals surface area contributed by atoms with E-state index in [0.29, 0.717) is 5.56 Å². The Bertz CT molecular complexity index is 1220. The maximum Gasteiger partial charge on any atom is 0.255 e. The number of carbonyl (C=O) groups is 3. The number of fused-ring (bicyclic) bond motifs is 3. The van der Waals surface area contributed by atoms with Crippen LogP contribution in [0.3, 0.4) is 0 Å². The molecule has 0 radical (unpaired) electrons. The molecule has 1 saturated heterocycles. The molecule has 10 heteroatoms. The van der Waals surface area contributed by atoms with E-state index in [0.717, 1.165) is 24.9 Å². The third kappa shape index (κ3) is 2.82. The Morgan fingerprint density at radius 3 is 2.53 bits per heavy atom. The topological polar surface area (TPSA) is 187 Å². The number of Topliss-reactive ketones (excluding diaryl/α,β-unsaturated/α-hetero) is 2. The Morgan fingerprint density at radius 2 is 1.91 bits per heavy atom. The van der Waals surface area contributed by atoms with Crippen molar-refractivity contribution in [3.8, 4) is 5.75 Å². The molecule has 0 aromatic heterocycles. The molecule has 10 nitrogen and oxygen atoms in total. The molecule has 5 atom stereocenters. The SMILES string of the molecule is CN1CCCC1c1cc(O)c2c(c1)C[C@H]1C[C@H]3[C@H](N)C(O)=C(C(N)=O)C(=O)[C@@]3(O)C(O)=C1C2=O. The number of nitrogens with two attached hydrogens (primary N) is 2. The summed E-state index contributed by atoms with van der Waals surface area (Å²) in [5, 5.41) is 43.5. The minimum atomic E-state index is -2.68. The molecule has 1 aromatic carbocycles. The molecule has 1 fully saturated rings. The van der Waals surface area contributed by atoms with Gasteiger partial charge in [0.05, 0.1) is 11.6 Å². The predicted octanol–water partition coefficient (Wildman–Crippen LogP) is 0.284. The van der Waals surface area contributed by atoms with E-state index in [9.17, 15) is 34.8 Å². The summed E-state index contributed by atoms with van der Waals surface area (Å²) in [5.41, 5.74) is 9.03. The number of aromatic hydroxyl groups is 1. The van der Waals surface area contributed by atoms with Crippen LogP contribution < -0.4 is 11.5 Å². The van der Waals surface area contributed by atoms with Gasteiger partial charge < -0.3 is 31.9 Å². The van der Waals surface area contributed by atoms with Gasteiger partial charge in [-0.2, -0.15) is 0 Å². The number of phenols is 1. The molecule has 1 heterocycles. The highest BCUT2D eigenvalue weighted by Gasteiger charge is 2.62. The number of nitrogens with zero attached hydrogens (tertiary/aromatic N) is 1. The van der Waals surface area contributed by atoms with Crippen LogP contribution in [0.25, 0.3) is 0 Å². The minimum absolute atomic E-state index is 0.00158. The van der Waals surface area contributed by atoms with Crippen molar-refractivity contribution in [2.45, 2.75) is 43.4 Å². The van der Waals surface area contributed by atoms with Crippen LogP contribution in [0.5, 0.6) is 5.75 Å². The first-order valence-electron chi connectivity index (χ1n) is 11.3. The van der Waals surface area contributed by atoms with Crippen molar-refractivity contribution in [3.05, 3.63) is 51.5 Å². The third-order valence-corrected chi connectivity index (χ3v) is 7.99. The van der Waals surface area contributed by atoms with Crippen LogP contribution in [0, 0.1) is 11.8 Å². The number of allylic oxidation sites excluding steroid dienone is 1. The van der Waals surface area contributed by atoms with E-state index >= 15 is 0 Å². The smallest absolute Gasteiger partial charge is 0.255 e. The fourth-order valence-electron chi connectivity index (χ4n) is 6.29. The molecule has 1 amide bonds. The van der Waals surface area contributed by atoms with Crippen LogP contribution in [-0.2, 0) is 16.0 Å². The number of primary amides is 1. The fraction of sp³-hybridized carbons (Fsp3) is 0.458. The van der Waals surface area contributed by atoms with Gasteiger partial charge in [-0.05, 0) is 62.4 Å². The van der Waals surface area contributed by atoms with Crippen molar-refractivity contribution < 1.29 is 34.8 Å². The van der Waals surface area contributed by atoms with E-state index in [1.807, 2.05) is 13.1 Å². The summed E-state index contributed by atoms with van der Waals surface area (Å²) in [7, 11) is 2.00. The third-order valence-electron chi connectivity index (χ3n) is 7.99. The maximum atomic E-state index is 13.5. The molecule has 1 aromatic rings. The number of likely N-dealkylation sites (tertiary alicyclic amines) is 1. The number of aliphatic hydroxyl groups excluding tert-OH is 2. The highest BCUT2D eigenvalue weighted by Crippen LogP contribution is 2.51. The van der Waals surface area contributed by atoms with E-state index in [1.165, 1.54) is 0 Å². The van der Waals surface area contributed by atoms with Crippen molar-refractivity contribution >= 4 is 17.5 Å². The molecule has 1 unspecified atom stereocenters. The lowest BCUT2D eigenvalue weighted by Gasteiger charge is -2.47. The number of phenolic OH excluding ortho intramolecular Hbond substituents is 1. The summed E-state index contributed by atoms with van der Waals surface area (Å²) in [6, 6.07) is 2.21. The second kappa shape index (κ2) is 7.39. The first-order valence-corrected chi connectivity index (χ1v) is 11.3. The number of rotatable bonds is 2. The molecular formula is C24H27N3O7. The molecule has 0 spiro atoms. The van der Waals surface area contributed by atoms with Crippen LogP contribution in [0.2, 0.25) is 0 Å². The van der Waals surface area contributed by atoms with Crippen molar-refractivity contribution in [1.29, 1.82) is 0 Å². The summed E-state index contributed by atoms with van der Waals surface area (Å²) in [5.74, 6) is -6.95. The number of hydrogen-bond donors (Lipinski definition) is 6. The van der Waals surface area contributed by atoms with Gasteiger partial charge in [0, 0.05) is 17.5 Å². The summed E-state index contributed by atoms with van der Waals surface area (Å²) in [6.07, 6.45) is 2.22. The van der Waals surface area contributed by atoms with Gasteiger partial charge in [0.25, 0.3) is 5.91 Å². The summed E-state index contributed by atoms with van der Waals surface area (Å²) in [6.45, 7) is 0.932. The van der Waals surface area contributed by atoms with Crippen molar-refractivity contribution in [1.82, 2.24) is 4.90 Å². The van der Waals surface area contributed by atoms with E-state index < -0.39 is 58.0 Å². The second-order valence-electron chi connectivity index (χ2n) is 9.79. The van der Waals surface area contributed by atoms with Gasteiger partial charge in [-0.25, -0.2) is 0 Å². The summed E-state index contributed by atoms with van der Waals surface area (Å²) < 4.78 is 0. The van der Waals surface area contributed by atoms with Gasteiger partial charge in [-0.15, -0.1) is 0 Å². The number of ketones is 2. The molecule has 5 rings (SSSR count). The Hall–Kier alpha value is -3.21. The summed E-state index contributed by atoms with van der Waals surface area (Å²) >= 11 is 0. The zero-order chi connectivity index (χ0) is 24.7. The quantitative estimate of drug-likeness (QED) is 0.331. The van der Waals surface area contributed by atoms with Gasteiger partial charge in [0.2, 0.25) is 5.78 Å². The monoisotopic (exact) mass is 469 g/mol. The predicted molar refractivity (Wildman–Crippen MR) is 119 cm³/mol. The highest BCUT2D eigenvalue weighted by atomic mass is 16.3. The van der Waals surface area contributed by atoms with Crippen LogP contribution in [0.1, 0.15) is 46.8 Å². The second-order valence-corrected chi connectivity index (χ2v) is 9.79. The Kier molecular flexibility index (Phi) is 4.91. The van der Waals surface area contributed by atoms with Crippen molar-refractivity contribution in [3.63, 3.8) is 0 Å². The zero-order valence-electron chi connectivity index (χ0n) is 18.6. The number of benzene rings is 1. The average Bonchev–Trinajstić information content (AvgIpc) is 3.19. The lowest BCUT2D eigenvalue weighted by atomic mass is 9.59. The molecule has 0 saturated carbocycles. The largest absolute Gasteiger partial charge is 0.510 e. The summed E-state index contributed by atoms with van der Waals surface area (Å²) in [4.78, 5) is 40.5. The van der Waals surface area contributed by atoms with E-state index in [4.69, 9.17) is 11.5 Å². The molecule has 0 bridgehead atoms. The number of hydrogen-bond acceptors (Lipinski definition) is 9. The maximum absolute atomic E-state index is 13.5. The van der Waals surface area contributed by atoms with E-state index in [2.05, 4.69) is 4.90 Å². The standard InChI is InChI=1S/C24H27N3O7/c1-27-4-2-3-13(27)9-5-10-6-11-7-12-18(25)20(30)17(23(26)33)22(32)24(12,34)21(31)16(11)19(29)15(10)14(28)8-9/h5,8,11-13,18,28,30-31,34H,2-4,6-7,25H2,1H3,(H2,26,33)/t11-,12-,13?,18-,24-/m0/s1. The normalized spacial score (nSPS) is 33.6. The lowest BCUT2D eigenvalue weighted by Crippen LogP contribution is -2.63. The Balaban J connectivity index is 1.63. The van der Waals surface area contributed by atoms with E-state index in [1.54, 1.807) is 6.07 Å². The van der Waals surface area contributed by atoms with Crippen molar-refractivity contribution in [2.75, 3.05) is 13.6 Å². The van der Waals surface area contributed by atoms with Gasteiger partial charge in [0.15, 0.2) is 11.4 Å². The number of aliphatic hydroxyl groups is 3. The average molecular weight is 469 g/mol. The van der Waals surface area contributed by atoms with Crippen LogP contribution in [0.15, 0.2) is 34.8 Å². The molecular weight excluding hydrogens is 442 g/mol. The first kappa shape index (κ1) is 22.6. The Labute approximate surface area is 195 Å². The van der Waals surface area contributed by atoms with Crippen LogP contribution >= 0.6 is 0 Å². The van der Waals surface area contributed by atoms with Crippen LogP contribution in [-0.4, -0.2) is 68.0 Å². The van der Waals surface area contributed by atoms with Gasteiger partial charge in [0.1, 0.15) is 22.8 Å². The molecule has 180 valence electrons. The Morgan fingerprint density at radius 1 is 1.21 bits per heavy atom. The fourth-order valence-corrected chi connectivity index (χ4v) is 6.29. The minimum Gasteiger partial charge on any atom is -0.510 e. The molecule has 34 heavy (non-hydrogen) atoms. The van der Waals surface area contributed by atoms with Crippen LogP contribution in [0.4, 0.5) is 0 Å². The van der Waals surface area contributed by atoms with Crippen molar-refractivity contribution in [2.24, 2.45) is 23.3 Å². The van der Waals surface area contributed by atoms with E-state index in [-0.39, 0.29) is 35.8 Å². The molecule has 3 aliphatic carbocycles. The van der Waals surface area contributed by atoms with Gasteiger partial charge >= 0.3 is 0 Å². The van der Waals surface area contributed by atoms with Gasteiger partial charge in [-0.3, -0.25) is 19.3 Å². The lowest BCUT2D eigenvalue weighted by molar-refractivity contribution is -0.145. The molecule has 4 aliphatic rings. The van der Waals surface area contributed by atoms with Gasteiger partial charge in [-0.1, -0.05) is 6.07 Å². The first-order chi connectivity index (χ1) is 16.0. The zero-order valence-corrected chi connectivity index (χ0v) is 18.6. The molecule has 8 N–H and O–H groups in total. The highest BCUT2D eigenvalue weighted by molar-refractivity contribution is 6.24. The number of amides is 1. The number of carbonyl (C=O) groups excluding carboxylic acids is 3. The molecule has 1 aliphatic heterocycles.